The summed E-state index contributed by atoms with van der Waals surface area (Å²) in [6, 6.07) is 0. The Labute approximate surface area is 224 Å². The number of hydrogen-bond donors (Lipinski definition) is 2. The topological polar surface area (TPSA) is 83.8 Å². The molecule has 0 heterocycles. The van der Waals surface area contributed by atoms with E-state index in [2.05, 4.69) is 40.7 Å². The summed E-state index contributed by atoms with van der Waals surface area (Å²) in [7, 11) is 0. The van der Waals surface area contributed by atoms with Gasteiger partial charge in [0.1, 0.15) is 6.10 Å². The number of rotatable bonds is 9. The molecule has 4 aliphatic rings. The Bertz CT molecular complexity index is 890. The van der Waals surface area contributed by atoms with Gasteiger partial charge in [-0.3, -0.25) is 9.59 Å². The van der Waals surface area contributed by atoms with Gasteiger partial charge in [0.05, 0.1) is 18.4 Å². The molecule has 0 aromatic rings. The van der Waals surface area contributed by atoms with Crippen LogP contribution in [0.15, 0.2) is 11.6 Å². The van der Waals surface area contributed by atoms with Crippen molar-refractivity contribution in [2.45, 2.75) is 130 Å². The Hall–Kier alpha value is -1.36. The molecular formula is C32H52O5. The fraction of sp³-hybridized carbons (Fsp3) is 0.875. The van der Waals surface area contributed by atoms with Crippen molar-refractivity contribution in [2.75, 3.05) is 0 Å². The average Bonchev–Trinajstić information content (AvgIpc) is 3.17. The lowest BCUT2D eigenvalue weighted by molar-refractivity contribution is -0.154. The van der Waals surface area contributed by atoms with Gasteiger partial charge in [-0.15, -0.1) is 0 Å². The lowest BCUT2D eigenvalue weighted by atomic mass is 9.46. The molecule has 2 N–H and O–H groups in total. The van der Waals surface area contributed by atoms with Crippen LogP contribution in [0.1, 0.15) is 119 Å². The number of carboxylic acids is 1. The molecule has 0 aliphatic heterocycles. The zero-order valence-electron chi connectivity index (χ0n) is 24.2. The molecule has 5 heteroatoms. The normalized spacial score (nSPS) is 40.7. The number of fused-ring (bicyclic) bond motifs is 5. The minimum absolute atomic E-state index is 0.0499. The smallest absolute Gasteiger partial charge is 0.306 e. The number of carbonyl (C=O) groups is 2. The first-order valence-electron chi connectivity index (χ1n) is 15.1. The van der Waals surface area contributed by atoms with E-state index in [4.69, 9.17) is 9.84 Å². The predicted molar refractivity (Wildman–Crippen MR) is 146 cm³/mol. The summed E-state index contributed by atoms with van der Waals surface area (Å²) in [6.07, 6.45) is 13.4. The van der Waals surface area contributed by atoms with E-state index in [0.29, 0.717) is 17.3 Å². The van der Waals surface area contributed by atoms with Crippen LogP contribution in [0.2, 0.25) is 0 Å². The van der Waals surface area contributed by atoms with Crippen molar-refractivity contribution in [1.29, 1.82) is 0 Å². The van der Waals surface area contributed by atoms with Crippen molar-refractivity contribution >= 4 is 11.9 Å². The van der Waals surface area contributed by atoms with Gasteiger partial charge < -0.3 is 14.9 Å². The van der Waals surface area contributed by atoms with Crippen molar-refractivity contribution in [1.82, 2.24) is 0 Å². The molecule has 0 radical (unpaired) electrons. The Morgan fingerprint density at radius 2 is 1.73 bits per heavy atom. The third-order valence-electron chi connectivity index (χ3n) is 11.6. The number of allylic oxidation sites excluding steroid dienone is 1. The summed E-state index contributed by atoms with van der Waals surface area (Å²) in [5.41, 5.74) is 1.65. The Morgan fingerprint density at radius 3 is 2.41 bits per heavy atom. The number of esters is 1. The summed E-state index contributed by atoms with van der Waals surface area (Å²) in [4.78, 5) is 23.0. The van der Waals surface area contributed by atoms with Crippen LogP contribution in [-0.4, -0.2) is 33.9 Å². The van der Waals surface area contributed by atoms with Gasteiger partial charge in [-0.1, -0.05) is 46.3 Å². The molecule has 0 amide bonds. The summed E-state index contributed by atoms with van der Waals surface area (Å²) in [5, 5.41) is 19.6. The van der Waals surface area contributed by atoms with Crippen LogP contribution in [0.3, 0.4) is 0 Å². The maximum Gasteiger partial charge on any atom is 0.306 e. The summed E-state index contributed by atoms with van der Waals surface area (Å²) < 4.78 is 5.73. The lowest BCUT2D eigenvalue weighted by Crippen LogP contribution is -2.52. The standard InChI is InChI=1S/C32H52O5/c1-20(2)27(37-29(35)14-13-28(33)34)12-7-21(3)24-10-11-25-23-9-8-22-19-30(4,36)17-18-31(22,5)26(23)15-16-32(24,25)6/h8,20-21,23-27,36H,7,9-19H2,1-6H3,(H,33,34)/t21-,23+,24-,25+,26+,27?,30+,31+,32-/m1/s1. The highest BCUT2D eigenvalue weighted by Crippen LogP contribution is 2.67. The fourth-order valence-electron chi connectivity index (χ4n) is 9.37. The second-order valence-corrected chi connectivity index (χ2v) is 14.4. The van der Waals surface area contributed by atoms with Crippen molar-refractivity contribution < 1.29 is 24.5 Å². The van der Waals surface area contributed by atoms with Crippen LogP contribution in [-0.2, 0) is 14.3 Å². The van der Waals surface area contributed by atoms with Crippen LogP contribution in [0, 0.1) is 46.3 Å². The van der Waals surface area contributed by atoms with Gasteiger partial charge in [0.15, 0.2) is 0 Å². The van der Waals surface area contributed by atoms with Crippen LogP contribution in [0.5, 0.6) is 0 Å². The fourth-order valence-corrected chi connectivity index (χ4v) is 9.37. The van der Waals surface area contributed by atoms with E-state index >= 15 is 0 Å². The highest BCUT2D eigenvalue weighted by Gasteiger charge is 2.59. The molecule has 0 aromatic carbocycles. The van der Waals surface area contributed by atoms with E-state index < -0.39 is 11.6 Å². The monoisotopic (exact) mass is 516 g/mol. The molecule has 1 unspecified atom stereocenters. The molecular weight excluding hydrogens is 464 g/mol. The van der Waals surface area contributed by atoms with Gasteiger partial charge in [-0.2, -0.15) is 0 Å². The molecule has 210 valence electrons. The maximum atomic E-state index is 12.2. The van der Waals surface area contributed by atoms with E-state index in [-0.39, 0.29) is 36.2 Å². The number of aliphatic hydroxyl groups is 1. The van der Waals surface area contributed by atoms with Crippen LogP contribution in [0.4, 0.5) is 0 Å². The molecule has 0 spiro atoms. The van der Waals surface area contributed by atoms with E-state index in [1.54, 1.807) is 0 Å². The molecule has 37 heavy (non-hydrogen) atoms. The van der Waals surface area contributed by atoms with Crippen molar-refractivity contribution in [2.24, 2.45) is 46.3 Å². The third-order valence-corrected chi connectivity index (χ3v) is 11.6. The summed E-state index contributed by atoms with van der Waals surface area (Å²) in [6.45, 7) is 13.7. The first-order chi connectivity index (χ1) is 17.3. The molecule has 4 rings (SSSR count). The van der Waals surface area contributed by atoms with E-state index in [0.717, 1.165) is 49.9 Å². The zero-order chi connectivity index (χ0) is 27.2. The quantitative estimate of drug-likeness (QED) is 0.251. The minimum Gasteiger partial charge on any atom is -0.481 e. The van der Waals surface area contributed by atoms with Crippen molar-refractivity contribution in [3.63, 3.8) is 0 Å². The molecule has 9 atom stereocenters. The molecule has 0 saturated heterocycles. The van der Waals surface area contributed by atoms with Gasteiger partial charge in [-0.25, -0.2) is 0 Å². The van der Waals surface area contributed by atoms with Gasteiger partial charge >= 0.3 is 11.9 Å². The van der Waals surface area contributed by atoms with Crippen molar-refractivity contribution in [3.8, 4) is 0 Å². The molecule has 3 saturated carbocycles. The second kappa shape index (κ2) is 10.7. The Kier molecular flexibility index (Phi) is 8.25. The number of carboxylic acid groups (broad SMARTS) is 1. The van der Waals surface area contributed by atoms with E-state index in [1.807, 2.05) is 6.92 Å². The first-order valence-corrected chi connectivity index (χ1v) is 15.1. The average molecular weight is 517 g/mol. The molecule has 4 aliphatic carbocycles. The largest absolute Gasteiger partial charge is 0.481 e. The van der Waals surface area contributed by atoms with Gasteiger partial charge in [0.25, 0.3) is 0 Å². The molecule has 3 fully saturated rings. The number of aliphatic carboxylic acids is 1. The van der Waals surface area contributed by atoms with Crippen LogP contribution < -0.4 is 0 Å². The van der Waals surface area contributed by atoms with Crippen molar-refractivity contribution in [3.05, 3.63) is 11.6 Å². The zero-order valence-corrected chi connectivity index (χ0v) is 24.2. The number of ether oxygens (including phenoxy) is 1. The molecule has 0 aromatic heterocycles. The van der Waals surface area contributed by atoms with E-state index in [9.17, 15) is 14.7 Å². The maximum absolute atomic E-state index is 12.2. The molecule has 0 bridgehead atoms. The lowest BCUT2D eigenvalue weighted by Gasteiger charge is -2.59. The van der Waals surface area contributed by atoms with E-state index in [1.165, 1.54) is 37.7 Å². The van der Waals surface area contributed by atoms with Gasteiger partial charge in [0.2, 0.25) is 0 Å². The van der Waals surface area contributed by atoms with Crippen LogP contribution in [0.25, 0.3) is 0 Å². The summed E-state index contributed by atoms with van der Waals surface area (Å²) >= 11 is 0. The minimum atomic E-state index is -0.959. The molecule has 5 nitrogen and oxygen atoms in total. The Balaban J connectivity index is 1.39. The highest BCUT2D eigenvalue weighted by molar-refractivity contribution is 5.76. The number of carbonyl (C=O) groups excluding carboxylic acids is 1. The Morgan fingerprint density at radius 1 is 1.00 bits per heavy atom. The highest BCUT2D eigenvalue weighted by atomic mass is 16.5. The van der Waals surface area contributed by atoms with Gasteiger partial charge in [-0.05, 0) is 117 Å². The summed E-state index contributed by atoms with van der Waals surface area (Å²) in [5.74, 6) is 2.48. The second-order valence-electron chi connectivity index (χ2n) is 14.4. The third kappa shape index (κ3) is 5.68. The first kappa shape index (κ1) is 28.6. The predicted octanol–water partition coefficient (Wildman–Crippen LogP) is 7.17. The van der Waals surface area contributed by atoms with Gasteiger partial charge in [0, 0.05) is 0 Å². The van der Waals surface area contributed by atoms with Crippen LogP contribution >= 0.6 is 0 Å². The SMILES string of the molecule is CC(C)C(CC[C@@H](C)[C@H]1CC[C@H]2[C@@H]3CC=C4C[C@@](C)(O)CC[C@]4(C)[C@H]3CC[C@]12C)OC(=O)CCC(=O)O. The number of hydrogen-bond acceptors (Lipinski definition) is 4.